The molecule has 2 aromatic carbocycles. The molecule has 0 saturated heterocycles. The molecule has 0 radical (unpaired) electrons. The third-order valence-electron chi connectivity index (χ3n) is 3.96. The summed E-state index contributed by atoms with van der Waals surface area (Å²) >= 11 is 1.58. The van der Waals surface area contributed by atoms with Gasteiger partial charge in [-0.2, -0.15) is 0 Å². The van der Waals surface area contributed by atoms with Gasteiger partial charge in [0, 0.05) is 21.8 Å². The van der Waals surface area contributed by atoms with Crippen LogP contribution in [0.3, 0.4) is 0 Å². The SMILES string of the molecule is Cc1ccc2c(c1)CC(=O)c1cc([C@H](C)C(=O)O)ccc1S2. The van der Waals surface area contributed by atoms with Crippen LogP contribution >= 0.6 is 11.8 Å². The van der Waals surface area contributed by atoms with E-state index in [1.54, 1.807) is 30.8 Å². The van der Waals surface area contributed by atoms with Crippen LogP contribution in [-0.2, 0) is 11.2 Å². The summed E-state index contributed by atoms with van der Waals surface area (Å²) < 4.78 is 0. The average Bonchev–Trinajstić information content (AvgIpc) is 2.62. The van der Waals surface area contributed by atoms with E-state index in [-0.39, 0.29) is 5.78 Å². The molecular formula is C18H16O3S. The van der Waals surface area contributed by atoms with Crippen molar-refractivity contribution in [3.05, 3.63) is 58.7 Å². The number of hydrogen-bond donors (Lipinski definition) is 1. The maximum Gasteiger partial charge on any atom is 0.310 e. The monoisotopic (exact) mass is 312 g/mol. The molecule has 1 aliphatic heterocycles. The van der Waals surface area contributed by atoms with Gasteiger partial charge < -0.3 is 5.11 Å². The molecule has 0 aliphatic carbocycles. The molecule has 0 amide bonds. The number of rotatable bonds is 2. The zero-order chi connectivity index (χ0) is 15.9. The number of aliphatic carboxylic acids is 1. The smallest absolute Gasteiger partial charge is 0.310 e. The minimum absolute atomic E-state index is 0.0475. The van der Waals surface area contributed by atoms with Crippen LogP contribution < -0.4 is 0 Å². The van der Waals surface area contributed by atoms with E-state index in [0.29, 0.717) is 17.5 Å². The largest absolute Gasteiger partial charge is 0.481 e. The second kappa shape index (κ2) is 5.61. The van der Waals surface area contributed by atoms with Crippen molar-refractivity contribution in [1.82, 2.24) is 0 Å². The summed E-state index contributed by atoms with van der Waals surface area (Å²) in [6.07, 6.45) is 0.363. The summed E-state index contributed by atoms with van der Waals surface area (Å²) in [6.45, 7) is 3.65. The summed E-state index contributed by atoms with van der Waals surface area (Å²) in [4.78, 5) is 25.7. The molecule has 0 unspecified atom stereocenters. The molecule has 0 bridgehead atoms. The van der Waals surface area contributed by atoms with Crippen molar-refractivity contribution in [2.75, 3.05) is 0 Å². The van der Waals surface area contributed by atoms with E-state index in [1.807, 2.05) is 31.2 Å². The van der Waals surface area contributed by atoms with E-state index in [2.05, 4.69) is 0 Å². The Hall–Kier alpha value is -2.07. The van der Waals surface area contributed by atoms with Gasteiger partial charge in [0.15, 0.2) is 5.78 Å². The molecule has 0 saturated carbocycles. The number of Topliss-reactive ketones (excluding diaryl/α,β-unsaturated/α-hetero) is 1. The molecule has 1 N–H and O–H groups in total. The maximum absolute atomic E-state index is 12.6. The highest BCUT2D eigenvalue weighted by atomic mass is 32.2. The van der Waals surface area contributed by atoms with Crippen LogP contribution in [0.15, 0.2) is 46.2 Å². The minimum Gasteiger partial charge on any atom is -0.481 e. The Morgan fingerprint density at radius 1 is 1.18 bits per heavy atom. The van der Waals surface area contributed by atoms with Gasteiger partial charge in [0.05, 0.1) is 5.92 Å². The molecule has 0 aromatic heterocycles. The van der Waals surface area contributed by atoms with Crippen molar-refractivity contribution in [2.24, 2.45) is 0 Å². The Balaban J connectivity index is 2.06. The first kappa shape index (κ1) is 14.9. The molecular weight excluding hydrogens is 296 g/mol. The molecule has 22 heavy (non-hydrogen) atoms. The highest BCUT2D eigenvalue weighted by Crippen LogP contribution is 2.38. The van der Waals surface area contributed by atoms with Crippen LogP contribution in [-0.4, -0.2) is 16.9 Å². The first-order valence-corrected chi connectivity index (χ1v) is 7.94. The molecule has 1 heterocycles. The van der Waals surface area contributed by atoms with Gasteiger partial charge in [-0.25, -0.2) is 0 Å². The second-order valence-corrected chi connectivity index (χ2v) is 6.71. The fourth-order valence-corrected chi connectivity index (χ4v) is 3.65. The lowest BCUT2D eigenvalue weighted by atomic mass is 9.95. The van der Waals surface area contributed by atoms with Gasteiger partial charge in [-0.3, -0.25) is 9.59 Å². The first-order chi connectivity index (χ1) is 10.5. The van der Waals surface area contributed by atoms with Crippen molar-refractivity contribution in [2.45, 2.75) is 36.0 Å². The summed E-state index contributed by atoms with van der Waals surface area (Å²) in [7, 11) is 0. The topological polar surface area (TPSA) is 54.4 Å². The van der Waals surface area contributed by atoms with Gasteiger partial charge in [-0.1, -0.05) is 35.5 Å². The molecule has 112 valence electrons. The Morgan fingerprint density at radius 2 is 1.91 bits per heavy atom. The number of carboxylic acids is 1. The molecule has 2 aromatic rings. The second-order valence-electron chi connectivity index (χ2n) is 5.63. The Morgan fingerprint density at radius 3 is 2.64 bits per heavy atom. The Bertz CT molecular complexity index is 780. The number of ketones is 1. The van der Waals surface area contributed by atoms with Gasteiger partial charge >= 0.3 is 5.97 Å². The van der Waals surface area contributed by atoms with Crippen LogP contribution in [0.1, 0.15) is 39.9 Å². The zero-order valence-corrected chi connectivity index (χ0v) is 13.2. The molecule has 3 nitrogen and oxygen atoms in total. The number of carbonyl (C=O) groups excluding carboxylic acids is 1. The van der Waals surface area contributed by atoms with E-state index in [9.17, 15) is 9.59 Å². The average molecular weight is 312 g/mol. The molecule has 0 fully saturated rings. The number of hydrogen-bond acceptors (Lipinski definition) is 3. The van der Waals surface area contributed by atoms with Gasteiger partial charge in [0.1, 0.15) is 0 Å². The van der Waals surface area contributed by atoms with E-state index in [0.717, 1.165) is 20.9 Å². The predicted octanol–water partition coefficient (Wildman–Crippen LogP) is 4.07. The highest BCUT2D eigenvalue weighted by molar-refractivity contribution is 7.99. The molecule has 4 heteroatoms. The summed E-state index contributed by atoms with van der Waals surface area (Å²) in [6, 6.07) is 11.5. The quantitative estimate of drug-likeness (QED) is 0.908. The normalized spacial score (nSPS) is 14.7. The summed E-state index contributed by atoms with van der Waals surface area (Å²) in [5, 5.41) is 9.14. The Kier molecular flexibility index (Phi) is 3.79. The number of aryl methyl sites for hydroxylation is 1. The van der Waals surface area contributed by atoms with Crippen molar-refractivity contribution in [3.8, 4) is 0 Å². The van der Waals surface area contributed by atoms with E-state index in [1.165, 1.54) is 0 Å². The van der Waals surface area contributed by atoms with Gasteiger partial charge in [0.2, 0.25) is 0 Å². The lowest BCUT2D eigenvalue weighted by molar-refractivity contribution is -0.138. The number of carbonyl (C=O) groups is 2. The van der Waals surface area contributed by atoms with Crippen molar-refractivity contribution in [1.29, 1.82) is 0 Å². The molecule has 1 atom stereocenters. The van der Waals surface area contributed by atoms with Gasteiger partial charge in [-0.05, 0) is 43.2 Å². The number of carboxylic acid groups (broad SMARTS) is 1. The van der Waals surface area contributed by atoms with Gasteiger partial charge in [-0.15, -0.1) is 0 Å². The molecule has 0 spiro atoms. The first-order valence-electron chi connectivity index (χ1n) is 7.13. The Labute approximate surface area is 133 Å². The van der Waals surface area contributed by atoms with E-state index >= 15 is 0 Å². The third kappa shape index (κ3) is 2.66. The van der Waals surface area contributed by atoms with Crippen LogP contribution in [0.5, 0.6) is 0 Å². The molecule has 1 aliphatic rings. The fraction of sp³-hybridized carbons (Fsp3) is 0.222. The highest BCUT2D eigenvalue weighted by Gasteiger charge is 2.23. The standard InChI is InChI=1S/C18H16O3S/c1-10-3-5-16-13(7-10)9-15(19)14-8-12(11(2)18(20)21)4-6-17(14)22-16/h3-8,11H,9H2,1-2H3,(H,20,21)/t11-/m0/s1. The lowest BCUT2D eigenvalue weighted by Crippen LogP contribution is -2.10. The van der Waals surface area contributed by atoms with Crippen molar-refractivity contribution < 1.29 is 14.7 Å². The summed E-state index contributed by atoms with van der Waals surface area (Å²) in [5.74, 6) is -1.45. The summed E-state index contributed by atoms with van der Waals surface area (Å²) in [5.41, 5.74) is 3.48. The third-order valence-corrected chi connectivity index (χ3v) is 5.16. The van der Waals surface area contributed by atoms with Crippen LogP contribution in [0, 0.1) is 6.92 Å². The van der Waals surface area contributed by atoms with E-state index < -0.39 is 11.9 Å². The van der Waals surface area contributed by atoms with Crippen LogP contribution in [0.2, 0.25) is 0 Å². The fourth-order valence-electron chi connectivity index (χ4n) is 2.60. The minimum atomic E-state index is -0.882. The van der Waals surface area contributed by atoms with Crippen molar-refractivity contribution >= 4 is 23.5 Å². The molecule has 3 rings (SSSR count). The number of fused-ring (bicyclic) bond motifs is 2. The lowest BCUT2D eigenvalue weighted by Gasteiger charge is -2.10. The van der Waals surface area contributed by atoms with Crippen LogP contribution in [0.4, 0.5) is 0 Å². The zero-order valence-electron chi connectivity index (χ0n) is 12.4. The van der Waals surface area contributed by atoms with E-state index in [4.69, 9.17) is 5.11 Å². The van der Waals surface area contributed by atoms with Crippen LogP contribution in [0.25, 0.3) is 0 Å². The maximum atomic E-state index is 12.6. The predicted molar refractivity (Wildman–Crippen MR) is 85.8 cm³/mol. The van der Waals surface area contributed by atoms with Gasteiger partial charge in [0.25, 0.3) is 0 Å². The number of benzene rings is 2. The van der Waals surface area contributed by atoms with Crippen molar-refractivity contribution in [3.63, 3.8) is 0 Å².